The van der Waals surface area contributed by atoms with Crippen LogP contribution in [0.25, 0.3) is 11.1 Å². The molecule has 28 heavy (non-hydrogen) atoms. The molecule has 0 bridgehead atoms. The Labute approximate surface area is 162 Å². The second-order valence-corrected chi connectivity index (χ2v) is 6.37. The predicted octanol–water partition coefficient (Wildman–Crippen LogP) is 4.71. The van der Waals surface area contributed by atoms with Crippen LogP contribution in [0.3, 0.4) is 0 Å². The molecule has 6 heteroatoms. The van der Waals surface area contributed by atoms with Gasteiger partial charge in [-0.05, 0) is 56.5 Å². The number of aryl methyl sites for hydroxylation is 1. The molecule has 0 spiro atoms. The summed E-state index contributed by atoms with van der Waals surface area (Å²) in [6, 6.07) is 2.78. The number of hydrogen-bond acceptors (Lipinski definition) is 3. The summed E-state index contributed by atoms with van der Waals surface area (Å²) >= 11 is 0. The molecule has 1 atom stereocenters. The summed E-state index contributed by atoms with van der Waals surface area (Å²) in [5.74, 6) is 2.11. The van der Waals surface area contributed by atoms with E-state index in [9.17, 15) is 13.6 Å². The third-order valence-electron chi connectivity index (χ3n) is 4.43. The van der Waals surface area contributed by atoms with Crippen LogP contribution in [0.1, 0.15) is 48.6 Å². The largest absolute Gasteiger partial charge is 0.466 e. The van der Waals surface area contributed by atoms with Crippen LogP contribution in [0.4, 0.5) is 13.2 Å². The van der Waals surface area contributed by atoms with Crippen LogP contribution < -0.4 is 5.73 Å². The van der Waals surface area contributed by atoms with Crippen molar-refractivity contribution >= 4 is 5.97 Å². The van der Waals surface area contributed by atoms with Crippen LogP contribution in [-0.2, 0) is 9.53 Å². The lowest BCUT2D eigenvalue weighted by Gasteiger charge is -2.19. The van der Waals surface area contributed by atoms with Crippen molar-refractivity contribution < 1.29 is 22.7 Å². The van der Waals surface area contributed by atoms with E-state index in [1.54, 1.807) is 13.8 Å². The molecular formula is C22H22F3NO2. The number of carbonyl (C=O) groups is 1. The molecule has 0 aliphatic heterocycles. The summed E-state index contributed by atoms with van der Waals surface area (Å²) in [7, 11) is 0. The molecule has 3 nitrogen and oxygen atoms in total. The summed E-state index contributed by atoms with van der Waals surface area (Å²) in [5.41, 5.74) is 6.54. The maximum absolute atomic E-state index is 15.4. The molecule has 0 heterocycles. The molecule has 0 aliphatic carbocycles. The number of benzene rings is 2. The van der Waals surface area contributed by atoms with Crippen molar-refractivity contribution in [1.82, 2.24) is 0 Å². The van der Waals surface area contributed by atoms with Gasteiger partial charge >= 0.3 is 5.97 Å². The first-order chi connectivity index (χ1) is 13.2. The van der Waals surface area contributed by atoms with E-state index in [1.165, 1.54) is 32.0 Å². The molecule has 2 aromatic carbocycles. The maximum Gasteiger partial charge on any atom is 0.307 e. The van der Waals surface area contributed by atoms with Crippen LogP contribution in [0.5, 0.6) is 0 Å². The zero-order valence-corrected chi connectivity index (χ0v) is 16.3. The first-order valence-corrected chi connectivity index (χ1v) is 8.84. The lowest BCUT2D eigenvalue weighted by molar-refractivity contribution is -0.143. The van der Waals surface area contributed by atoms with Crippen molar-refractivity contribution in [3.8, 4) is 23.0 Å². The zero-order chi connectivity index (χ0) is 21.0. The Balaban J connectivity index is 2.76. The van der Waals surface area contributed by atoms with Crippen LogP contribution >= 0.6 is 0 Å². The van der Waals surface area contributed by atoms with Crippen LogP contribution in [0.2, 0.25) is 0 Å². The topological polar surface area (TPSA) is 52.3 Å². The van der Waals surface area contributed by atoms with Crippen LogP contribution in [-0.4, -0.2) is 12.6 Å². The fourth-order valence-electron chi connectivity index (χ4n) is 3.13. The molecule has 2 N–H and O–H groups in total. The minimum Gasteiger partial charge on any atom is -0.466 e. The molecule has 2 rings (SSSR count). The Hall–Kier alpha value is -2.78. The van der Waals surface area contributed by atoms with Gasteiger partial charge in [-0.1, -0.05) is 12.0 Å². The molecule has 0 aromatic heterocycles. The third-order valence-corrected chi connectivity index (χ3v) is 4.43. The van der Waals surface area contributed by atoms with E-state index in [4.69, 9.17) is 10.5 Å². The number of ether oxygens (including phenoxy) is 1. The molecule has 0 aliphatic rings. The van der Waals surface area contributed by atoms with E-state index < -0.39 is 41.4 Å². The van der Waals surface area contributed by atoms with E-state index >= 15 is 4.39 Å². The van der Waals surface area contributed by atoms with Gasteiger partial charge in [0, 0.05) is 17.2 Å². The van der Waals surface area contributed by atoms with E-state index in [2.05, 4.69) is 11.8 Å². The van der Waals surface area contributed by atoms with Crippen molar-refractivity contribution in [3.63, 3.8) is 0 Å². The molecule has 0 amide bonds. The average molecular weight is 389 g/mol. The predicted molar refractivity (Wildman–Crippen MR) is 102 cm³/mol. The number of nitrogens with two attached hydrogens (primary N) is 1. The van der Waals surface area contributed by atoms with E-state index in [1.807, 2.05) is 0 Å². The second-order valence-electron chi connectivity index (χ2n) is 6.37. The fourth-order valence-corrected chi connectivity index (χ4v) is 3.13. The number of carbonyl (C=O) groups excluding carboxylic acids is 1. The van der Waals surface area contributed by atoms with Gasteiger partial charge < -0.3 is 10.5 Å². The zero-order valence-electron chi connectivity index (χ0n) is 16.3. The summed E-state index contributed by atoms with van der Waals surface area (Å²) < 4.78 is 49.2. The molecule has 1 unspecified atom stereocenters. The Morgan fingerprint density at radius 2 is 1.89 bits per heavy atom. The van der Waals surface area contributed by atoms with Gasteiger partial charge in [-0.15, -0.1) is 5.92 Å². The standard InChI is InChI=1S/C22H22F3NO2/c1-5-7-14-10-15(19-12(3)8-9-16(23)13(19)4)22(25)20(21(14)24)17(26)11-18(27)28-6-2/h8-10,17H,6,11,26H2,1-4H3. The Bertz CT molecular complexity index is 974. The summed E-state index contributed by atoms with van der Waals surface area (Å²) in [5, 5.41) is 0. The molecule has 148 valence electrons. The van der Waals surface area contributed by atoms with Crippen molar-refractivity contribution in [2.75, 3.05) is 6.61 Å². The summed E-state index contributed by atoms with van der Waals surface area (Å²) in [6.45, 7) is 6.48. The molecule has 0 radical (unpaired) electrons. The smallest absolute Gasteiger partial charge is 0.307 e. The van der Waals surface area contributed by atoms with Gasteiger partial charge in [0.25, 0.3) is 0 Å². The number of esters is 1. The van der Waals surface area contributed by atoms with Crippen molar-refractivity contribution in [2.45, 2.75) is 40.2 Å². The Kier molecular flexibility index (Phi) is 6.87. The van der Waals surface area contributed by atoms with Gasteiger partial charge in [-0.3, -0.25) is 4.79 Å². The lowest BCUT2D eigenvalue weighted by Crippen LogP contribution is -2.21. The summed E-state index contributed by atoms with van der Waals surface area (Å²) in [6.07, 6.45) is -0.398. The van der Waals surface area contributed by atoms with Gasteiger partial charge in [-0.25, -0.2) is 13.2 Å². The average Bonchev–Trinajstić information content (AvgIpc) is 2.62. The van der Waals surface area contributed by atoms with E-state index in [0.29, 0.717) is 11.1 Å². The molecular weight excluding hydrogens is 367 g/mol. The van der Waals surface area contributed by atoms with Crippen molar-refractivity contribution in [2.24, 2.45) is 5.73 Å². The van der Waals surface area contributed by atoms with Crippen molar-refractivity contribution in [1.29, 1.82) is 0 Å². The van der Waals surface area contributed by atoms with Crippen molar-refractivity contribution in [3.05, 3.63) is 57.9 Å². The monoisotopic (exact) mass is 389 g/mol. The van der Waals surface area contributed by atoms with Gasteiger partial charge in [0.05, 0.1) is 18.6 Å². The Morgan fingerprint density at radius 3 is 2.50 bits per heavy atom. The maximum atomic E-state index is 15.4. The van der Waals surface area contributed by atoms with Gasteiger partial charge in [0.1, 0.15) is 17.5 Å². The molecule has 0 saturated carbocycles. The molecule has 0 fully saturated rings. The molecule has 0 saturated heterocycles. The van der Waals surface area contributed by atoms with Gasteiger partial charge in [0.15, 0.2) is 0 Å². The van der Waals surface area contributed by atoms with E-state index in [0.717, 1.165) is 0 Å². The quantitative estimate of drug-likeness (QED) is 0.595. The highest BCUT2D eigenvalue weighted by Crippen LogP contribution is 2.36. The number of rotatable bonds is 5. The first kappa shape index (κ1) is 21.5. The van der Waals surface area contributed by atoms with Crippen LogP contribution in [0.15, 0.2) is 18.2 Å². The highest BCUT2D eigenvalue weighted by molar-refractivity contribution is 5.75. The minimum atomic E-state index is -1.27. The Morgan fingerprint density at radius 1 is 1.21 bits per heavy atom. The number of hydrogen-bond donors (Lipinski definition) is 1. The fraction of sp³-hybridized carbons (Fsp3) is 0.318. The molecule has 2 aromatic rings. The summed E-state index contributed by atoms with van der Waals surface area (Å²) in [4.78, 5) is 11.7. The highest BCUT2D eigenvalue weighted by Gasteiger charge is 2.27. The van der Waals surface area contributed by atoms with E-state index in [-0.39, 0.29) is 23.3 Å². The van der Waals surface area contributed by atoms with Crippen LogP contribution in [0, 0.1) is 43.1 Å². The first-order valence-electron chi connectivity index (χ1n) is 8.84. The van der Waals surface area contributed by atoms with Gasteiger partial charge in [0.2, 0.25) is 0 Å². The van der Waals surface area contributed by atoms with Gasteiger partial charge in [-0.2, -0.15) is 0 Å². The minimum absolute atomic E-state index is 0.0111. The number of halogens is 3. The highest BCUT2D eigenvalue weighted by atomic mass is 19.1. The normalized spacial score (nSPS) is 11.6. The lowest BCUT2D eigenvalue weighted by atomic mass is 9.89. The third kappa shape index (κ3) is 4.20. The SMILES string of the molecule is CC#Cc1cc(-c2c(C)ccc(F)c2C)c(F)c(C(N)CC(=O)OCC)c1F. The second kappa shape index (κ2) is 8.94.